The summed E-state index contributed by atoms with van der Waals surface area (Å²) in [6, 6.07) is -0.933. The van der Waals surface area contributed by atoms with E-state index in [4.69, 9.17) is 18.9 Å². The molecule has 0 radical (unpaired) electrons. The van der Waals surface area contributed by atoms with Gasteiger partial charge in [-0.15, -0.1) is 0 Å². The van der Waals surface area contributed by atoms with E-state index in [0.717, 1.165) is 96.3 Å². The van der Waals surface area contributed by atoms with Crippen LogP contribution in [-0.2, 0) is 23.7 Å². The third-order valence-corrected chi connectivity index (χ3v) is 15.0. The highest BCUT2D eigenvalue weighted by molar-refractivity contribution is 5.76. The molecule has 0 aromatic carbocycles. The fraction of sp³-hybridized carbons (Fsp3) is 0.746. The first-order valence-corrected chi connectivity index (χ1v) is 32.0. The zero-order valence-corrected chi connectivity index (χ0v) is 50.2. The maximum atomic E-state index is 13.3. The molecule has 0 bridgehead atoms. The molecule has 466 valence electrons. The van der Waals surface area contributed by atoms with Crippen LogP contribution in [0.4, 0.5) is 0 Å². The van der Waals surface area contributed by atoms with Gasteiger partial charge in [-0.25, -0.2) is 0 Å². The largest absolute Gasteiger partial charge is 0.394 e. The Labute approximate surface area is 490 Å². The minimum absolute atomic E-state index is 0.253. The van der Waals surface area contributed by atoms with Crippen LogP contribution in [0.1, 0.15) is 226 Å². The molecule has 0 saturated carbocycles. The van der Waals surface area contributed by atoms with Crippen LogP contribution in [-0.4, -0.2) is 140 Å². The van der Waals surface area contributed by atoms with Crippen molar-refractivity contribution in [1.82, 2.24) is 5.32 Å². The molecule has 2 aliphatic rings. The number of hydrogen-bond acceptors (Lipinski definition) is 13. The smallest absolute Gasteiger partial charge is 0.220 e. The molecule has 2 heterocycles. The molecule has 2 aliphatic heterocycles. The van der Waals surface area contributed by atoms with Gasteiger partial charge in [-0.1, -0.05) is 239 Å². The van der Waals surface area contributed by atoms with E-state index in [1.165, 1.54) is 103 Å². The molecule has 12 unspecified atom stereocenters. The van der Waals surface area contributed by atoms with E-state index in [1.807, 2.05) is 6.08 Å². The second-order valence-electron chi connectivity index (χ2n) is 22.2. The van der Waals surface area contributed by atoms with E-state index >= 15 is 0 Å². The molecular weight excluding hydrogens is 1030 g/mol. The Kier molecular flexibility index (Phi) is 46.9. The highest BCUT2D eigenvalue weighted by Crippen LogP contribution is 2.30. The van der Waals surface area contributed by atoms with Gasteiger partial charge in [0, 0.05) is 6.42 Å². The van der Waals surface area contributed by atoms with Crippen LogP contribution < -0.4 is 5.32 Å². The monoisotopic (exact) mass is 1140 g/mol. The molecule has 12 atom stereocenters. The number of aliphatic hydroxyl groups is 8. The Balaban J connectivity index is 1.76. The lowest BCUT2D eigenvalue weighted by Gasteiger charge is -2.46. The van der Waals surface area contributed by atoms with Crippen LogP contribution in [0.15, 0.2) is 97.2 Å². The topological polar surface area (TPSA) is 228 Å². The second-order valence-corrected chi connectivity index (χ2v) is 22.2. The molecule has 81 heavy (non-hydrogen) atoms. The highest BCUT2D eigenvalue weighted by Gasteiger charge is 2.51. The highest BCUT2D eigenvalue weighted by atomic mass is 16.7. The van der Waals surface area contributed by atoms with E-state index in [2.05, 4.69) is 104 Å². The van der Waals surface area contributed by atoms with Crippen LogP contribution in [0.25, 0.3) is 0 Å². The van der Waals surface area contributed by atoms with E-state index in [0.29, 0.717) is 6.42 Å². The summed E-state index contributed by atoms with van der Waals surface area (Å²) in [5, 5.41) is 87.3. The maximum Gasteiger partial charge on any atom is 0.220 e. The quantitative estimate of drug-likeness (QED) is 0.0204. The molecule has 2 saturated heterocycles. The molecule has 0 aromatic heterocycles. The number of aliphatic hydroxyl groups excluding tert-OH is 8. The first-order chi connectivity index (χ1) is 39.6. The van der Waals surface area contributed by atoms with Crippen molar-refractivity contribution in [3.05, 3.63) is 97.2 Å². The summed E-state index contributed by atoms with van der Waals surface area (Å²) in [6.07, 6.45) is 54.3. The number of carbonyl (C=O) groups is 1. The fourth-order valence-electron chi connectivity index (χ4n) is 9.92. The molecule has 9 N–H and O–H groups in total. The Hall–Kier alpha value is -3.09. The summed E-state index contributed by atoms with van der Waals surface area (Å²) in [6.45, 7) is 2.67. The van der Waals surface area contributed by atoms with Gasteiger partial charge in [-0.2, -0.15) is 0 Å². The molecule has 0 aliphatic carbocycles. The van der Waals surface area contributed by atoms with Crippen molar-refractivity contribution in [2.24, 2.45) is 0 Å². The number of carbonyl (C=O) groups excluding carboxylic acids is 1. The van der Waals surface area contributed by atoms with E-state index in [9.17, 15) is 45.6 Å². The van der Waals surface area contributed by atoms with Crippen LogP contribution in [0.2, 0.25) is 0 Å². The second kappa shape index (κ2) is 51.3. The van der Waals surface area contributed by atoms with E-state index < -0.39 is 86.8 Å². The number of hydrogen-bond donors (Lipinski definition) is 9. The van der Waals surface area contributed by atoms with Crippen LogP contribution in [0, 0.1) is 0 Å². The number of nitrogens with one attached hydrogen (secondary N) is 1. The van der Waals surface area contributed by atoms with Crippen molar-refractivity contribution >= 4 is 5.91 Å². The number of ether oxygens (including phenoxy) is 4. The minimum Gasteiger partial charge on any atom is -0.394 e. The first kappa shape index (κ1) is 74.0. The van der Waals surface area contributed by atoms with Crippen molar-refractivity contribution in [1.29, 1.82) is 0 Å². The molecule has 14 nitrogen and oxygen atoms in total. The van der Waals surface area contributed by atoms with Gasteiger partial charge < -0.3 is 65.1 Å². The van der Waals surface area contributed by atoms with Gasteiger partial charge in [0.2, 0.25) is 5.91 Å². The molecule has 2 rings (SSSR count). The summed E-state index contributed by atoms with van der Waals surface area (Å²) in [7, 11) is 0. The average Bonchev–Trinajstić information content (AvgIpc) is 3.62. The van der Waals surface area contributed by atoms with Gasteiger partial charge in [-0.05, 0) is 77.0 Å². The van der Waals surface area contributed by atoms with Gasteiger partial charge in [0.25, 0.3) is 0 Å². The van der Waals surface area contributed by atoms with Gasteiger partial charge in [0.15, 0.2) is 12.6 Å². The number of rotatable bonds is 50. The summed E-state index contributed by atoms with van der Waals surface area (Å²) in [4.78, 5) is 13.3. The molecule has 0 spiro atoms. The standard InChI is InChI=1S/C67H115NO13/c1-3-5-7-9-11-13-15-17-19-21-23-25-26-27-28-29-30-31-33-35-37-39-41-43-45-47-49-51-59(72)68-55(56(71)50-48-46-44-42-40-38-36-34-32-24-22-20-18-16-14-12-10-8-6-4-2)54-78-66-64(77)62(75)65(58(53-70)80-66)81-67-63(76)61(74)60(73)57(52-69)79-67/h5,7,11,13,17,19,23,25,27-28,30-31,35,37,48,50,55-58,60-67,69-71,73-77H,3-4,6,8-10,12,14-16,18,20-22,24,26,29,32-34,36,38-47,49,51-54H2,1-2H3,(H,68,72)/b7-5-,13-11-,19-17-,25-23-,28-27-,31-30-,37-35-,50-48+. The molecule has 1 amide bonds. The van der Waals surface area contributed by atoms with Crippen LogP contribution in [0.5, 0.6) is 0 Å². The average molecular weight is 1140 g/mol. The molecular formula is C67H115NO13. The SMILES string of the molecule is CC/C=C\C/C=C\C/C=C\C/C=C\C/C=C\C/C=C\C/C=C\CCCCCCCC(=O)NC(COC1OC(CO)C(OC2OC(CO)C(O)C(O)C2O)C(O)C1O)C(O)/C=C/CCCCCCCCCCCCCCCCCCCC. The van der Waals surface area contributed by atoms with Crippen molar-refractivity contribution in [3.8, 4) is 0 Å². The predicted molar refractivity (Wildman–Crippen MR) is 327 cm³/mol. The minimum atomic E-state index is -1.80. The third-order valence-electron chi connectivity index (χ3n) is 15.0. The maximum absolute atomic E-state index is 13.3. The Bertz CT molecular complexity index is 1730. The van der Waals surface area contributed by atoms with Crippen molar-refractivity contribution < 1.29 is 64.6 Å². The van der Waals surface area contributed by atoms with Crippen LogP contribution in [0.3, 0.4) is 0 Å². The third kappa shape index (κ3) is 36.4. The fourth-order valence-corrected chi connectivity index (χ4v) is 9.92. The van der Waals surface area contributed by atoms with Crippen molar-refractivity contribution in [2.75, 3.05) is 19.8 Å². The van der Waals surface area contributed by atoms with Gasteiger partial charge >= 0.3 is 0 Å². The summed E-state index contributed by atoms with van der Waals surface area (Å²) >= 11 is 0. The Morgan fingerprint density at radius 1 is 0.457 bits per heavy atom. The molecule has 14 heteroatoms. The normalized spacial score (nSPS) is 24.8. The van der Waals surface area contributed by atoms with Gasteiger partial charge in [-0.3, -0.25) is 4.79 Å². The van der Waals surface area contributed by atoms with E-state index in [-0.39, 0.29) is 18.9 Å². The lowest BCUT2D eigenvalue weighted by molar-refractivity contribution is -0.359. The predicted octanol–water partition coefficient (Wildman–Crippen LogP) is 11.8. The Morgan fingerprint density at radius 3 is 1.31 bits per heavy atom. The number of allylic oxidation sites excluding steroid dienone is 15. The lowest BCUT2D eigenvalue weighted by atomic mass is 9.97. The summed E-state index contributed by atoms with van der Waals surface area (Å²) in [5.74, 6) is -0.261. The van der Waals surface area contributed by atoms with Gasteiger partial charge in [0.05, 0.1) is 32.0 Å². The lowest BCUT2D eigenvalue weighted by Crippen LogP contribution is -2.65. The van der Waals surface area contributed by atoms with Crippen LogP contribution >= 0.6 is 0 Å². The van der Waals surface area contributed by atoms with Crippen molar-refractivity contribution in [3.63, 3.8) is 0 Å². The number of amides is 1. The summed E-state index contributed by atoms with van der Waals surface area (Å²) < 4.78 is 22.8. The molecule has 0 aromatic rings. The van der Waals surface area contributed by atoms with E-state index in [1.54, 1.807) is 6.08 Å². The first-order valence-electron chi connectivity index (χ1n) is 32.0. The summed E-state index contributed by atoms with van der Waals surface area (Å²) in [5.41, 5.74) is 0. The Morgan fingerprint density at radius 2 is 0.852 bits per heavy atom. The van der Waals surface area contributed by atoms with Crippen molar-refractivity contribution in [2.45, 2.75) is 299 Å². The number of unbranched alkanes of at least 4 members (excludes halogenated alkanes) is 23. The van der Waals surface area contributed by atoms with Gasteiger partial charge in [0.1, 0.15) is 48.8 Å². The zero-order valence-electron chi connectivity index (χ0n) is 50.2. The molecule has 2 fully saturated rings. The zero-order chi connectivity index (χ0) is 58.8.